The van der Waals surface area contributed by atoms with Gasteiger partial charge < -0.3 is 9.64 Å². The molecule has 1 aromatic rings. The average Bonchev–Trinajstić information content (AvgIpc) is 3.37. The first-order valence-corrected chi connectivity index (χ1v) is 10.2. The Balaban J connectivity index is 1.32. The highest BCUT2D eigenvalue weighted by molar-refractivity contribution is 5.79. The minimum Gasteiger partial charge on any atom is -0.469 e. The highest BCUT2D eigenvalue weighted by Crippen LogP contribution is 2.31. The molecule has 3 heterocycles. The number of unbranched alkanes of at least 4 members (excludes halogenated alkanes) is 2. The minimum absolute atomic E-state index is 0.140. The maximum atomic E-state index is 12.3. The van der Waals surface area contributed by atoms with Gasteiger partial charge in [-0.05, 0) is 56.8 Å². The summed E-state index contributed by atoms with van der Waals surface area (Å²) >= 11 is 0. The SMILES string of the molecule is COC(=O)[C@H]1CCN(C(=O)CCCCCN2CCC[C@H]2c2cccnc2)C1. The third-order valence-corrected chi connectivity index (χ3v) is 5.84. The summed E-state index contributed by atoms with van der Waals surface area (Å²) in [7, 11) is 1.41. The first-order valence-electron chi connectivity index (χ1n) is 10.2. The van der Waals surface area contributed by atoms with Crippen molar-refractivity contribution in [3.05, 3.63) is 30.1 Å². The third kappa shape index (κ3) is 5.28. The molecule has 0 aliphatic carbocycles. The largest absolute Gasteiger partial charge is 0.469 e. The van der Waals surface area contributed by atoms with E-state index in [1.165, 1.54) is 25.5 Å². The van der Waals surface area contributed by atoms with Crippen LogP contribution < -0.4 is 0 Å². The quantitative estimate of drug-likeness (QED) is 0.518. The summed E-state index contributed by atoms with van der Waals surface area (Å²) in [5.74, 6) is -0.159. The smallest absolute Gasteiger partial charge is 0.310 e. The molecular weight excluding hydrogens is 342 g/mol. The van der Waals surface area contributed by atoms with Crippen LogP contribution in [0.2, 0.25) is 0 Å². The Morgan fingerprint density at radius 1 is 1.22 bits per heavy atom. The highest BCUT2D eigenvalue weighted by Gasteiger charge is 2.31. The number of hydrogen-bond donors (Lipinski definition) is 0. The second kappa shape index (κ2) is 9.83. The molecule has 2 atom stereocenters. The van der Waals surface area contributed by atoms with E-state index in [0.717, 1.165) is 38.8 Å². The lowest BCUT2D eigenvalue weighted by molar-refractivity contribution is -0.145. The number of nitrogens with zero attached hydrogens (tertiary/aromatic N) is 3. The van der Waals surface area contributed by atoms with Crippen molar-refractivity contribution >= 4 is 11.9 Å². The molecule has 2 saturated heterocycles. The van der Waals surface area contributed by atoms with Crippen LogP contribution >= 0.6 is 0 Å². The van der Waals surface area contributed by atoms with Crippen LogP contribution in [-0.4, -0.2) is 59.9 Å². The number of carbonyl (C=O) groups is 2. The molecule has 2 aliphatic heterocycles. The van der Waals surface area contributed by atoms with Gasteiger partial charge in [-0.15, -0.1) is 0 Å². The molecule has 0 bridgehead atoms. The summed E-state index contributed by atoms with van der Waals surface area (Å²) in [5, 5.41) is 0. The van der Waals surface area contributed by atoms with Gasteiger partial charge in [0, 0.05) is 37.9 Å². The van der Waals surface area contributed by atoms with Crippen molar-refractivity contribution in [3.8, 4) is 0 Å². The summed E-state index contributed by atoms with van der Waals surface area (Å²) in [4.78, 5) is 32.5. The molecule has 0 N–H and O–H groups in total. The van der Waals surface area contributed by atoms with Gasteiger partial charge in [-0.1, -0.05) is 12.5 Å². The average molecular weight is 373 g/mol. The van der Waals surface area contributed by atoms with Crippen LogP contribution in [0.25, 0.3) is 0 Å². The standard InChI is InChI=1S/C21H31N3O3/c1-27-21(26)18-10-14-24(16-18)20(25)9-3-2-4-12-23-13-6-8-19(23)17-7-5-11-22-15-17/h5,7,11,15,18-19H,2-4,6,8-10,12-14,16H2,1H3/t18-,19-/m0/s1. The molecule has 148 valence electrons. The third-order valence-electron chi connectivity index (χ3n) is 5.84. The zero-order valence-corrected chi connectivity index (χ0v) is 16.3. The number of esters is 1. The molecule has 0 aromatic carbocycles. The van der Waals surface area contributed by atoms with E-state index in [4.69, 9.17) is 4.74 Å². The number of methoxy groups -OCH3 is 1. The summed E-state index contributed by atoms with van der Waals surface area (Å²) in [6.07, 6.45) is 10.7. The molecular formula is C21H31N3O3. The van der Waals surface area contributed by atoms with Gasteiger partial charge in [-0.3, -0.25) is 19.5 Å². The van der Waals surface area contributed by atoms with Crippen LogP contribution in [0.15, 0.2) is 24.5 Å². The van der Waals surface area contributed by atoms with Gasteiger partial charge in [0.2, 0.25) is 5.91 Å². The number of pyridine rings is 1. The van der Waals surface area contributed by atoms with Crippen LogP contribution in [-0.2, 0) is 14.3 Å². The number of rotatable bonds is 8. The second-order valence-electron chi connectivity index (χ2n) is 7.64. The molecule has 1 amide bonds. The Bertz CT molecular complexity index is 622. The van der Waals surface area contributed by atoms with Gasteiger partial charge >= 0.3 is 5.97 Å². The Morgan fingerprint density at radius 3 is 2.89 bits per heavy atom. The maximum absolute atomic E-state index is 12.3. The van der Waals surface area contributed by atoms with Gasteiger partial charge in [0.05, 0.1) is 13.0 Å². The topological polar surface area (TPSA) is 62.7 Å². The Hall–Kier alpha value is -1.95. The van der Waals surface area contributed by atoms with E-state index in [9.17, 15) is 9.59 Å². The molecule has 27 heavy (non-hydrogen) atoms. The van der Waals surface area contributed by atoms with Gasteiger partial charge in [0.15, 0.2) is 0 Å². The molecule has 0 unspecified atom stereocenters. The van der Waals surface area contributed by atoms with Crippen LogP contribution in [0.5, 0.6) is 0 Å². The normalized spacial score (nSPS) is 22.9. The molecule has 1 aromatic heterocycles. The zero-order valence-electron chi connectivity index (χ0n) is 16.3. The van der Waals surface area contributed by atoms with Crippen molar-refractivity contribution < 1.29 is 14.3 Å². The summed E-state index contributed by atoms with van der Waals surface area (Å²) in [5.41, 5.74) is 1.32. The highest BCUT2D eigenvalue weighted by atomic mass is 16.5. The van der Waals surface area contributed by atoms with Crippen LogP contribution in [0.3, 0.4) is 0 Å². The van der Waals surface area contributed by atoms with Gasteiger partial charge in [0.25, 0.3) is 0 Å². The summed E-state index contributed by atoms with van der Waals surface area (Å²) in [6, 6.07) is 4.69. The Morgan fingerprint density at radius 2 is 2.11 bits per heavy atom. The van der Waals surface area contributed by atoms with E-state index in [2.05, 4.69) is 16.0 Å². The number of likely N-dealkylation sites (tertiary alicyclic amines) is 2. The van der Waals surface area contributed by atoms with Crippen molar-refractivity contribution in [2.75, 3.05) is 33.3 Å². The minimum atomic E-state index is -0.195. The van der Waals surface area contributed by atoms with Gasteiger partial charge in [-0.2, -0.15) is 0 Å². The predicted octanol–water partition coefficient (Wildman–Crippen LogP) is 2.80. The van der Waals surface area contributed by atoms with E-state index >= 15 is 0 Å². The number of ether oxygens (including phenoxy) is 1. The summed E-state index contributed by atoms with van der Waals surface area (Å²) in [6.45, 7) is 3.44. The summed E-state index contributed by atoms with van der Waals surface area (Å²) < 4.78 is 4.78. The van der Waals surface area contributed by atoms with Crippen molar-refractivity contribution in [3.63, 3.8) is 0 Å². The number of amides is 1. The number of hydrogen-bond acceptors (Lipinski definition) is 5. The molecule has 0 spiro atoms. The van der Waals surface area contributed by atoms with E-state index < -0.39 is 0 Å². The molecule has 6 nitrogen and oxygen atoms in total. The van der Waals surface area contributed by atoms with Crippen molar-refractivity contribution in [1.29, 1.82) is 0 Å². The van der Waals surface area contributed by atoms with Gasteiger partial charge in [0.1, 0.15) is 0 Å². The second-order valence-corrected chi connectivity index (χ2v) is 7.64. The predicted molar refractivity (Wildman–Crippen MR) is 103 cm³/mol. The van der Waals surface area contributed by atoms with Crippen molar-refractivity contribution in [2.24, 2.45) is 5.92 Å². The van der Waals surface area contributed by atoms with Crippen LogP contribution in [0.1, 0.15) is 56.6 Å². The molecule has 2 fully saturated rings. The molecule has 6 heteroatoms. The van der Waals surface area contributed by atoms with Crippen LogP contribution in [0.4, 0.5) is 0 Å². The fraction of sp³-hybridized carbons (Fsp3) is 0.667. The van der Waals surface area contributed by atoms with E-state index in [-0.39, 0.29) is 17.8 Å². The first-order chi connectivity index (χ1) is 13.2. The molecule has 3 rings (SSSR count). The molecule has 0 saturated carbocycles. The number of aromatic nitrogens is 1. The number of carbonyl (C=O) groups excluding carboxylic acids is 2. The monoisotopic (exact) mass is 373 g/mol. The van der Waals surface area contributed by atoms with E-state index in [0.29, 0.717) is 25.6 Å². The maximum Gasteiger partial charge on any atom is 0.310 e. The van der Waals surface area contributed by atoms with E-state index in [1.54, 1.807) is 0 Å². The van der Waals surface area contributed by atoms with Crippen molar-refractivity contribution in [2.45, 2.75) is 51.0 Å². The Labute approximate surface area is 161 Å². The zero-order chi connectivity index (χ0) is 19.1. The van der Waals surface area contributed by atoms with Crippen molar-refractivity contribution in [1.82, 2.24) is 14.8 Å². The molecule has 2 aliphatic rings. The lowest BCUT2D eigenvalue weighted by Crippen LogP contribution is -2.30. The first kappa shape index (κ1) is 19.8. The lowest BCUT2D eigenvalue weighted by atomic mass is 10.1. The lowest BCUT2D eigenvalue weighted by Gasteiger charge is -2.24. The Kier molecular flexibility index (Phi) is 7.21. The fourth-order valence-corrected chi connectivity index (χ4v) is 4.32. The molecule has 0 radical (unpaired) electrons. The van der Waals surface area contributed by atoms with E-state index in [1.807, 2.05) is 23.4 Å². The van der Waals surface area contributed by atoms with Gasteiger partial charge in [-0.25, -0.2) is 0 Å². The fourth-order valence-electron chi connectivity index (χ4n) is 4.32. The van der Waals surface area contributed by atoms with Crippen LogP contribution in [0, 0.1) is 5.92 Å².